The first-order valence-corrected chi connectivity index (χ1v) is 5.55. The minimum absolute atomic E-state index is 0.0450. The van der Waals surface area contributed by atoms with Crippen molar-refractivity contribution in [2.45, 2.75) is 33.7 Å². The molecular weight excluding hydrogens is 198 g/mol. The molecule has 1 N–H and O–H groups in total. The van der Waals surface area contributed by atoms with Gasteiger partial charge in [-0.3, -0.25) is 4.79 Å². The summed E-state index contributed by atoms with van der Waals surface area (Å²) in [6.07, 6.45) is 3.28. The molecule has 2 heteroatoms. The van der Waals surface area contributed by atoms with Gasteiger partial charge in [-0.15, -0.1) is 0 Å². The van der Waals surface area contributed by atoms with E-state index in [2.05, 4.69) is 37.4 Å². The second-order valence-electron chi connectivity index (χ2n) is 4.09. The van der Waals surface area contributed by atoms with Gasteiger partial charge in [0.25, 0.3) is 0 Å². The second-order valence-corrected chi connectivity index (χ2v) is 4.09. The molecule has 0 fully saturated rings. The second kappa shape index (κ2) is 5.50. The van der Waals surface area contributed by atoms with E-state index in [0.29, 0.717) is 0 Å². The lowest BCUT2D eigenvalue weighted by molar-refractivity contribution is -0.117. The quantitative estimate of drug-likeness (QED) is 0.775. The van der Waals surface area contributed by atoms with Crippen LogP contribution in [-0.4, -0.2) is 5.91 Å². The van der Waals surface area contributed by atoms with E-state index in [9.17, 15) is 4.79 Å². The maximum atomic E-state index is 11.4. The van der Waals surface area contributed by atoms with Crippen LogP contribution in [0.2, 0.25) is 0 Å². The van der Waals surface area contributed by atoms with Crippen LogP contribution in [0.1, 0.15) is 36.6 Å². The SMILES string of the molecule is C/C=C/C(=O)NC(C)c1cc(C)ccc1C. The summed E-state index contributed by atoms with van der Waals surface area (Å²) in [7, 11) is 0. The molecule has 0 radical (unpaired) electrons. The van der Waals surface area contributed by atoms with Crippen molar-refractivity contribution in [1.29, 1.82) is 0 Å². The maximum Gasteiger partial charge on any atom is 0.244 e. The molecule has 0 aliphatic heterocycles. The highest BCUT2D eigenvalue weighted by Crippen LogP contribution is 2.18. The minimum Gasteiger partial charge on any atom is -0.346 e. The molecule has 0 saturated carbocycles. The average molecular weight is 217 g/mol. The zero-order valence-electron chi connectivity index (χ0n) is 10.4. The number of amides is 1. The van der Waals surface area contributed by atoms with Crippen LogP contribution >= 0.6 is 0 Å². The van der Waals surface area contributed by atoms with E-state index in [0.717, 1.165) is 0 Å². The Morgan fingerprint density at radius 3 is 2.69 bits per heavy atom. The largest absolute Gasteiger partial charge is 0.346 e. The molecule has 16 heavy (non-hydrogen) atoms. The van der Waals surface area contributed by atoms with Gasteiger partial charge in [-0.25, -0.2) is 0 Å². The number of rotatable bonds is 3. The van der Waals surface area contributed by atoms with E-state index in [1.807, 2.05) is 13.8 Å². The fourth-order valence-electron chi connectivity index (χ4n) is 1.72. The van der Waals surface area contributed by atoms with Crippen LogP contribution in [-0.2, 0) is 4.79 Å². The van der Waals surface area contributed by atoms with Crippen molar-refractivity contribution in [3.05, 3.63) is 47.0 Å². The minimum atomic E-state index is -0.0455. The van der Waals surface area contributed by atoms with Crippen LogP contribution in [0.3, 0.4) is 0 Å². The number of nitrogens with one attached hydrogen (secondary N) is 1. The number of allylic oxidation sites excluding steroid dienone is 1. The highest BCUT2D eigenvalue weighted by atomic mass is 16.1. The summed E-state index contributed by atoms with van der Waals surface area (Å²) in [5, 5.41) is 2.94. The molecule has 1 aromatic rings. The van der Waals surface area contributed by atoms with Crippen LogP contribution in [0, 0.1) is 13.8 Å². The zero-order valence-corrected chi connectivity index (χ0v) is 10.4. The molecule has 1 unspecified atom stereocenters. The van der Waals surface area contributed by atoms with Crippen molar-refractivity contribution < 1.29 is 4.79 Å². The van der Waals surface area contributed by atoms with Crippen LogP contribution in [0.4, 0.5) is 0 Å². The molecule has 1 atom stereocenters. The molecule has 1 rings (SSSR count). The summed E-state index contributed by atoms with van der Waals surface area (Å²) >= 11 is 0. The lowest BCUT2D eigenvalue weighted by atomic mass is 10.00. The van der Waals surface area contributed by atoms with E-state index >= 15 is 0 Å². The molecule has 0 aliphatic rings. The number of benzene rings is 1. The third kappa shape index (κ3) is 3.23. The van der Waals surface area contributed by atoms with Gasteiger partial charge in [-0.2, -0.15) is 0 Å². The monoisotopic (exact) mass is 217 g/mol. The van der Waals surface area contributed by atoms with Gasteiger partial charge in [-0.05, 0) is 44.9 Å². The summed E-state index contributed by atoms with van der Waals surface area (Å²) in [6, 6.07) is 6.33. The van der Waals surface area contributed by atoms with E-state index in [1.165, 1.54) is 16.7 Å². The zero-order chi connectivity index (χ0) is 12.1. The predicted molar refractivity (Wildman–Crippen MR) is 67.3 cm³/mol. The summed E-state index contributed by atoms with van der Waals surface area (Å²) in [6.45, 7) is 7.96. The van der Waals surface area contributed by atoms with Gasteiger partial charge in [-0.1, -0.05) is 29.8 Å². The summed E-state index contributed by atoms with van der Waals surface area (Å²) in [4.78, 5) is 11.4. The Morgan fingerprint density at radius 2 is 2.06 bits per heavy atom. The first-order chi connectivity index (χ1) is 7.54. The third-order valence-electron chi connectivity index (χ3n) is 2.58. The number of hydrogen-bond donors (Lipinski definition) is 1. The summed E-state index contributed by atoms with van der Waals surface area (Å²) < 4.78 is 0. The molecule has 0 heterocycles. The Balaban J connectivity index is 2.83. The highest BCUT2D eigenvalue weighted by molar-refractivity contribution is 5.87. The summed E-state index contributed by atoms with van der Waals surface area (Å²) in [5.41, 5.74) is 3.60. The normalized spacial score (nSPS) is 12.8. The average Bonchev–Trinajstić information content (AvgIpc) is 2.21. The Kier molecular flexibility index (Phi) is 4.29. The molecule has 0 aliphatic carbocycles. The standard InChI is InChI=1S/C14H19NO/c1-5-6-14(16)15-12(4)13-9-10(2)7-8-11(13)3/h5-9,12H,1-4H3,(H,15,16)/b6-5+. The highest BCUT2D eigenvalue weighted by Gasteiger charge is 2.09. The lowest BCUT2D eigenvalue weighted by Crippen LogP contribution is -2.25. The van der Waals surface area contributed by atoms with Crippen LogP contribution in [0.25, 0.3) is 0 Å². The van der Waals surface area contributed by atoms with Crippen LogP contribution in [0.15, 0.2) is 30.4 Å². The van der Waals surface area contributed by atoms with Crippen molar-refractivity contribution in [2.75, 3.05) is 0 Å². The first-order valence-electron chi connectivity index (χ1n) is 5.55. The number of carbonyl (C=O) groups excluding carboxylic acids is 1. The molecule has 0 spiro atoms. The van der Waals surface area contributed by atoms with E-state index in [1.54, 1.807) is 12.2 Å². The van der Waals surface area contributed by atoms with Gasteiger partial charge in [0.15, 0.2) is 0 Å². The Labute approximate surface area is 97.4 Å². The van der Waals surface area contributed by atoms with Crippen molar-refractivity contribution in [3.8, 4) is 0 Å². The molecule has 0 aromatic heterocycles. The third-order valence-corrected chi connectivity index (χ3v) is 2.58. The molecular formula is C14H19NO. The van der Waals surface area contributed by atoms with E-state index in [-0.39, 0.29) is 11.9 Å². The smallest absolute Gasteiger partial charge is 0.244 e. The van der Waals surface area contributed by atoms with Gasteiger partial charge in [0.1, 0.15) is 0 Å². The Hall–Kier alpha value is -1.57. The van der Waals surface area contributed by atoms with Gasteiger partial charge in [0.2, 0.25) is 5.91 Å². The molecule has 0 saturated heterocycles. The van der Waals surface area contributed by atoms with Crippen molar-refractivity contribution in [2.24, 2.45) is 0 Å². The van der Waals surface area contributed by atoms with Gasteiger partial charge in [0.05, 0.1) is 6.04 Å². The van der Waals surface area contributed by atoms with Gasteiger partial charge in [0, 0.05) is 0 Å². The number of hydrogen-bond acceptors (Lipinski definition) is 1. The number of aryl methyl sites for hydroxylation is 2. The van der Waals surface area contributed by atoms with Crippen LogP contribution < -0.4 is 5.32 Å². The molecule has 1 aromatic carbocycles. The van der Waals surface area contributed by atoms with Gasteiger partial charge < -0.3 is 5.32 Å². The van der Waals surface area contributed by atoms with E-state index < -0.39 is 0 Å². The van der Waals surface area contributed by atoms with Crippen molar-refractivity contribution >= 4 is 5.91 Å². The van der Waals surface area contributed by atoms with Gasteiger partial charge >= 0.3 is 0 Å². The molecule has 1 amide bonds. The maximum absolute atomic E-state index is 11.4. The topological polar surface area (TPSA) is 29.1 Å². The number of carbonyl (C=O) groups is 1. The Bertz CT molecular complexity index is 407. The fraction of sp³-hybridized carbons (Fsp3) is 0.357. The molecule has 2 nitrogen and oxygen atoms in total. The predicted octanol–water partition coefficient (Wildman–Crippen LogP) is 3.06. The molecule has 86 valence electrons. The first kappa shape index (κ1) is 12.5. The lowest BCUT2D eigenvalue weighted by Gasteiger charge is -2.16. The van der Waals surface area contributed by atoms with E-state index in [4.69, 9.17) is 0 Å². The Morgan fingerprint density at radius 1 is 1.38 bits per heavy atom. The van der Waals surface area contributed by atoms with Crippen LogP contribution in [0.5, 0.6) is 0 Å². The molecule has 0 bridgehead atoms. The van der Waals surface area contributed by atoms with Crippen molar-refractivity contribution in [1.82, 2.24) is 5.32 Å². The summed E-state index contributed by atoms with van der Waals surface area (Å²) in [5.74, 6) is -0.0455. The fourth-order valence-corrected chi connectivity index (χ4v) is 1.72. The van der Waals surface area contributed by atoms with Crippen molar-refractivity contribution in [3.63, 3.8) is 0 Å².